The molecule has 1 aromatic heterocycles. The number of carbonyl (C=O) groups is 1. The Labute approximate surface area is 156 Å². The monoisotopic (exact) mass is 365 g/mol. The minimum absolute atomic E-state index is 0.248. The van der Waals surface area contributed by atoms with Crippen molar-refractivity contribution < 1.29 is 9.53 Å². The van der Waals surface area contributed by atoms with Crippen LogP contribution in [0.1, 0.15) is 24.2 Å². The minimum atomic E-state index is -0.712. The second-order valence-electron chi connectivity index (χ2n) is 6.19. The lowest BCUT2D eigenvalue weighted by Crippen LogP contribution is -2.42. The molecular formula is C20H16ClN3O2. The molecule has 0 atom stereocenters. The summed E-state index contributed by atoms with van der Waals surface area (Å²) < 4.78 is 5.70. The first-order valence-corrected chi connectivity index (χ1v) is 8.25. The van der Waals surface area contributed by atoms with Crippen molar-refractivity contribution in [1.82, 2.24) is 15.3 Å². The summed E-state index contributed by atoms with van der Waals surface area (Å²) in [7, 11) is 0. The molecule has 3 aromatic rings. The van der Waals surface area contributed by atoms with Crippen molar-refractivity contribution in [3.63, 3.8) is 0 Å². The fourth-order valence-electron chi connectivity index (χ4n) is 2.20. The Bertz CT molecular complexity index is 1010. The van der Waals surface area contributed by atoms with E-state index in [4.69, 9.17) is 22.8 Å². The van der Waals surface area contributed by atoms with Gasteiger partial charge in [0.2, 0.25) is 5.88 Å². The average Bonchev–Trinajstić information content (AvgIpc) is 2.62. The van der Waals surface area contributed by atoms with E-state index in [1.165, 1.54) is 6.20 Å². The van der Waals surface area contributed by atoms with E-state index in [9.17, 15) is 4.79 Å². The first-order valence-electron chi connectivity index (χ1n) is 7.87. The molecule has 2 aromatic carbocycles. The maximum absolute atomic E-state index is 12.2. The molecule has 0 radical (unpaired) electrons. The van der Waals surface area contributed by atoms with E-state index in [1.54, 1.807) is 56.3 Å². The van der Waals surface area contributed by atoms with Crippen LogP contribution in [0.3, 0.4) is 0 Å². The van der Waals surface area contributed by atoms with Crippen molar-refractivity contribution in [3.05, 3.63) is 59.2 Å². The highest BCUT2D eigenvalue weighted by Gasteiger charge is 2.18. The highest BCUT2D eigenvalue weighted by atomic mass is 35.5. The van der Waals surface area contributed by atoms with Crippen LogP contribution in [-0.4, -0.2) is 21.4 Å². The van der Waals surface area contributed by atoms with Crippen LogP contribution in [-0.2, 0) is 0 Å². The van der Waals surface area contributed by atoms with Crippen molar-refractivity contribution in [3.8, 4) is 24.0 Å². The summed E-state index contributed by atoms with van der Waals surface area (Å²) in [5, 5.41) is 3.37. The molecule has 6 heteroatoms. The fraction of sp³-hybridized carbons (Fsp3) is 0.150. The van der Waals surface area contributed by atoms with Gasteiger partial charge in [-0.05, 0) is 56.3 Å². The Morgan fingerprint density at radius 3 is 2.62 bits per heavy atom. The molecule has 0 spiro atoms. The van der Waals surface area contributed by atoms with Crippen LogP contribution in [0.15, 0.2) is 48.7 Å². The normalized spacial score (nSPS) is 11.0. The summed E-state index contributed by atoms with van der Waals surface area (Å²) in [6.07, 6.45) is 6.91. The smallest absolute Gasteiger partial charge is 0.252 e. The lowest BCUT2D eigenvalue weighted by Gasteiger charge is -2.19. The summed E-state index contributed by atoms with van der Waals surface area (Å²) >= 11 is 5.94. The Morgan fingerprint density at radius 1 is 1.19 bits per heavy atom. The third kappa shape index (κ3) is 4.11. The first-order chi connectivity index (χ1) is 12.4. The molecule has 0 saturated heterocycles. The molecule has 26 heavy (non-hydrogen) atoms. The Morgan fingerprint density at radius 2 is 1.92 bits per heavy atom. The van der Waals surface area contributed by atoms with Gasteiger partial charge in [0, 0.05) is 10.6 Å². The molecule has 0 fully saturated rings. The van der Waals surface area contributed by atoms with Gasteiger partial charge in [0.05, 0.1) is 22.8 Å². The van der Waals surface area contributed by atoms with Crippen LogP contribution in [0.4, 0.5) is 0 Å². The van der Waals surface area contributed by atoms with Crippen LogP contribution in [0, 0.1) is 12.3 Å². The Hall–Kier alpha value is -3.10. The number of hydrogen-bond donors (Lipinski definition) is 1. The lowest BCUT2D eigenvalue weighted by molar-refractivity contribution is 0.0930. The molecule has 0 aliphatic heterocycles. The van der Waals surface area contributed by atoms with Gasteiger partial charge in [-0.3, -0.25) is 4.79 Å². The predicted molar refractivity (Wildman–Crippen MR) is 101 cm³/mol. The molecule has 5 nitrogen and oxygen atoms in total. The van der Waals surface area contributed by atoms with E-state index in [0.717, 1.165) is 0 Å². The number of carbonyl (C=O) groups excluding carboxylic acids is 1. The highest BCUT2D eigenvalue weighted by molar-refractivity contribution is 6.31. The van der Waals surface area contributed by atoms with Crippen molar-refractivity contribution in [1.29, 1.82) is 0 Å². The van der Waals surface area contributed by atoms with Gasteiger partial charge in [0.1, 0.15) is 5.75 Å². The van der Waals surface area contributed by atoms with Gasteiger partial charge in [-0.1, -0.05) is 17.5 Å². The first kappa shape index (κ1) is 17.7. The number of rotatable bonds is 4. The lowest BCUT2D eigenvalue weighted by atomic mass is 10.1. The summed E-state index contributed by atoms with van der Waals surface area (Å²) in [6.45, 7) is 3.52. The molecule has 1 heterocycles. The topological polar surface area (TPSA) is 64.1 Å². The van der Waals surface area contributed by atoms with Crippen LogP contribution in [0.25, 0.3) is 11.0 Å². The molecule has 130 valence electrons. The van der Waals surface area contributed by atoms with Gasteiger partial charge < -0.3 is 10.1 Å². The van der Waals surface area contributed by atoms with Crippen LogP contribution in [0.5, 0.6) is 11.6 Å². The zero-order chi connectivity index (χ0) is 18.7. The van der Waals surface area contributed by atoms with Gasteiger partial charge in [-0.15, -0.1) is 6.42 Å². The fourth-order valence-corrected chi connectivity index (χ4v) is 2.37. The zero-order valence-corrected chi connectivity index (χ0v) is 15.0. The number of terminal acetylenes is 1. The number of nitrogens with one attached hydrogen (secondary N) is 1. The number of hydrogen-bond acceptors (Lipinski definition) is 4. The van der Waals surface area contributed by atoms with Crippen molar-refractivity contribution >= 4 is 28.5 Å². The molecule has 1 amide bonds. The van der Waals surface area contributed by atoms with Crippen LogP contribution < -0.4 is 10.1 Å². The number of amides is 1. The summed E-state index contributed by atoms with van der Waals surface area (Å²) in [5.74, 6) is 3.17. The second-order valence-corrected chi connectivity index (χ2v) is 6.63. The predicted octanol–water partition coefficient (Wildman–Crippen LogP) is 4.22. The molecule has 3 rings (SSSR count). The zero-order valence-electron chi connectivity index (χ0n) is 14.3. The number of aromatic nitrogens is 2. The summed E-state index contributed by atoms with van der Waals surface area (Å²) in [6, 6.07) is 11.9. The van der Waals surface area contributed by atoms with Crippen LogP contribution >= 0.6 is 11.6 Å². The quantitative estimate of drug-likeness (QED) is 0.703. The SMILES string of the molecule is C#CC(C)(C)NC(=O)c1ccc(Oc2cnc3cc(Cl)ccc3n2)cc1. The highest BCUT2D eigenvalue weighted by Crippen LogP contribution is 2.23. The molecule has 0 aliphatic rings. The number of benzene rings is 2. The van der Waals surface area contributed by atoms with E-state index in [0.29, 0.717) is 33.2 Å². The molecule has 0 bridgehead atoms. The second kappa shape index (κ2) is 7.03. The third-order valence-electron chi connectivity index (χ3n) is 3.61. The maximum Gasteiger partial charge on any atom is 0.252 e. The van der Waals surface area contributed by atoms with Gasteiger partial charge in [-0.2, -0.15) is 0 Å². The summed E-state index contributed by atoms with van der Waals surface area (Å²) in [4.78, 5) is 20.8. The number of ether oxygens (including phenoxy) is 1. The molecule has 0 aliphatic carbocycles. The number of nitrogens with zero attached hydrogens (tertiary/aromatic N) is 2. The van der Waals surface area contributed by atoms with E-state index in [-0.39, 0.29) is 5.91 Å². The molecular weight excluding hydrogens is 350 g/mol. The van der Waals surface area contributed by atoms with E-state index >= 15 is 0 Å². The molecule has 0 unspecified atom stereocenters. The molecule has 1 N–H and O–H groups in total. The Balaban J connectivity index is 1.74. The maximum atomic E-state index is 12.2. The standard InChI is InChI=1S/C20H16ClN3O2/c1-4-20(2,3)24-19(25)13-5-8-15(9-6-13)26-18-12-22-17-11-14(21)7-10-16(17)23-18/h1,5-12H,2-3H3,(H,24,25). The van der Waals surface area contributed by atoms with Crippen LogP contribution in [0.2, 0.25) is 5.02 Å². The minimum Gasteiger partial charge on any atom is -0.437 e. The van der Waals surface area contributed by atoms with Gasteiger partial charge in [-0.25, -0.2) is 9.97 Å². The van der Waals surface area contributed by atoms with Gasteiger partial charge in [0.15, 0.2) is 0 Å². The van der Waals surface area contributed by atoms with E-state index in [2.05, 4.69) is 21.2 Å². The van der Waals surface area contributed by atoms with Gasteiger partial charge in [0.25, 0.3) is 5.91 Å². The summed E-state index contributed by atoms with van der Waals surface area (Å²) in [5.41, 5.74) is 1.14. The van der Waals surface area contributed by atoms with Gasteiger partial charge >= 0.3 is 0 Å². The van der Waals surface area contributed by atoms with Crippen molar-refractivity contribution in [2.24, 2.45) is 0 Å². The average molecular weight is 366 g/mol. The number of halogens is 1. The Kier molecular flexibility index (Phi) is 4.79. The van der Waals surface area contributed by atoms with Crippen molar-refractivity contribution in [2.45, 2.75) is 19.4 Å². The van der Waals surface area contributed by atoms with E-state index < -0.39 is 5.54 Å². The largest absolute Gasteiger partial charge is 0.437 e. The number of fused-ring (bicyclic) bond motifs is 1. The van der Waals surface area contributed by atoms with Crippen molar-refractivity contribution in [2.75, 3.05) is 0 Å². The molecule has 0 saturated carbocycles. The van der Waals surface area contributed by atoms with E-state index in [1.807, 2.05) is 0 Å². The third-order valence-corrected chi connectivity index (χ3v) is 3.84.